The van der Waals surface area contributed by atoms with Gasteiger partial charge in [0, 0.05) is 25.7 Å². The number of rotatable bonds is 3. The molecule has 0 spiro atoms. The van der Waals surface area contributed by atoms with Gasteiger partial charge in [-0.05, 0) is 37.9 Å². The molecule has 0 bridgehead atoms. The van der Waals surface area contributed by atoms with E-state index < -0.39 is 0 Å². The molecule has 2 aromatic rings. The topological polar surface area (TPSA) is 59.3 Å². The standard InChI is InChI=1S/C18H24N4O2/c1-20-15-7-2-3-8-16(15)22(18(20)24)12-17(23)19-13-9-11-21-10-5-4-6-14(13)21/h2-3,7-8,13-14H,4-6,9-12H2,1H3,(H,19,23). The van der Waals surface area contributed by atoms with Crippen LogP contribution in [-0.4, -0.2) is 45.1 Å². The number of para-hydroxylation sites is 2. The van der Waals surface area contributed by atoms with E-state index in [9.17, 15) is 9.59 Å². The molecule has 0 radical (unpaired) electrons. The van der Waals surface area contributed by atoms with Gasteiger partial charge in [-0.25, -0.2) is 4.79 Å². The summed E-state index contributed by atoms with van der Waals surface area (Å²) in [6.07, 6.45) is 4.69. The number of aromatic nitrogens is 2. The van der Waals surface area contributed by atoms with Gasteiger partial charge in [0.15, 0.2) is 0 Å². The summed E-state index contributed by atoms with van der Waals surface area (Å²) in [5.41, 5.74) is 1.53. The summed E-state index contributed by atoms with van der Waals surface area (Å²) < 4.78 is 3.17. The highest BCUT2D eigenvalue weighted by Crippen LogP contribution is 2.27. The van der Waals surface area contributed by atoms with E-state index >= 15 is 0 Å². The zero-order valence-corrected chi connectivity index (χ0v) is 14.1. The summed E-state index contributed by atoms with van der Waals surface area (Å²) in [5.74, 6) is -0.0640. The predicted molar refractivity (Wildman–Crippen MR) is 92.9 cm³/mol. The van der Waals surface area contributed by atoms with E-state index in [1.807, 2.05) is 24.3 Å². The van der Waals surface area contributed by atoms with Crippen LogP contribution in [0, 0.1) is 0 Å². The van der Waals surface area contributed by atoms with E-state index in [0.717, 1.165) is 30.5 Å². The fraction of sp³-hybridized carbons (Fsp3) is 0.556. The molecule has 1 aromatic heterocycles. The van der Waals surface area contributed by atoms with Gasteiger partial charge in [-0.15, -0.1) is 0 Å². The van der Waals surface area contributed by atoms with Crippen LogP contribution in [-0.2, 0) is 18.4 Å². The second kappa shape index (κ2) is 6.09. The van der Waals surface area contributed by atoms with Crippen molar-refractivity contribution in [3.05, 3.63) is 34.7 Å². The molecule has 128 valence electrons. The van der Waals surface area contributed by atoms with Crippen molar-refractivity contribution in [2.24, 2.45) is 7.05 Å². The molecule has 2 aliphatic heterocycles. The molecule has 2 unspecified atom stereocenters. The lowest BCUT2D eigenvalue weighted by molar-refractivity contribution is -0.122. The van der Waals surface area contributed by atoms with E-state index in [2.05, 4.69) is 10.2 Å². The first-order valence-corrected chi connectivity index (χ1v) is 8.83. The van der Waals surface area contributed by atoms with Gasteiger partial charge < -0.3 is 5.32 Å². The maximum absolute atomic E-state index is 12.5. The van der Waals surface area contributed by atoms with Crippen LogP contribution in [0.2, 0.25) is 0 Å². The molecule has 6 nitrogen and oxygen atoms in total. The molecule has 6 heteroatoms. The van der Waals surface area contributed by atoms with Crippen LogP contribution in [0.3, 0.4) is 0 Å². The maximum Gasteiger partial charge on any atom is 0.329 e. The minimum Gasteiger partial charge on any atom is -0.350 e. The Kier molecular flexibility index (Phi) is 3.92. The molecule has 1 amide bonds. The van der Waals surface area contributed by atoms with Crippen molar-refractivity contribution in [1.82, 2.24) is 19.4 Å². The van der Waals surface area contributed by atoms with Gasteiger partial charge in [0.1, 0.15) is 6.54 Å². The number of imidazole rings is 1. The van der Waals surface area contributed by atoms with E-state index in [4.69, 9.17) is 0 Å². The molecular formula is C18H24N4O2. The Bertz CT molecular complexity index is 822. The van der Waals surface area contributed by atoms with Crippen LogP contribution in [0.15, 0.2) is 29.1 Å². The zero-order chi connectivity index (χ0) is 16.7. The van der Waals surface area contributed by atoms with Crippen LogP contribution in [0.4, 0.5) is 0 Å². The highest BCUT2D eigenvalue weighted by Gasteiger charge is 2.36. The molecule has 0 aliphatic carbocycles. The monoisotopic (exact) mass is 328 g/mol. The Hall–Kier alpha value is -2.08. The van der Waals surface area contributed by atoms with Crippen LogP contribution in [0.1, 0.15) is 25.7 Å². The van der Waals surface area contributed by atoms with Crippen molar-refractivity contribution in [3.8, 4) is 0 Å². The van der Waals surface area contributed by atoms with Gasteiger partial charge in [0.2, 0.25) is 5.91 Å². The molecule has 0 saturated carbocycles. The van der Waals surface area contributed by atoms with E-state index in [1.165, 1.54) is 19.3 Å². The smallest absolute Gasteiger partial charge is 0.329 e. The van der Waals surface area contributed by atoms with Gasteiger partial charge in [0.05, 0.1) is 11.0 Å². The van der Waals surface area contributed by atoms with Gasteiger partial charge in [-0.2, -0.15) is 0 Å². The molecule has 4 rings (SSSR count). The number of carbonyl (C=O) groups is 1. The summed E-state index contributed by atoms with van der Waals surface area (Å²) in [5, 5.41) is 3.18. The Morgan fingerprint density at radius 3 is 2.79 bits per heavy atom. The van der Waals surface area contributed by atoms with Crippen LogP contribution >= 0.6 is 0 Å². The normalized spacial score (nSPS) is 24.2. The molecular weight excluding hydrogens is 304 g/mol. The Morgan fingerprint density at radius 1 is 1.17 bits per heavy atom. The molecule has 3 heterocycles. The van der Waals surface area contributed by atoms with Gasteiger partial charge in [-0.1, -0.05) is 18.6 Å². The SMILES string of the molecule is Cn1c(=O)n(CC(=O)NC2CCN3CCCCC23)c2ccccc21. The van der Waals surface area contributed by atoms with E-state index in [-0.39, 0.29) is 24.2 Å². The number of aryl methyl sites for hydroxylation is 1. The number of hydrogen-bond donors (Lipinski definition) is 1. The lowest BCUT2D eigenvalue weighted by Gasteiger charge is -2.32. The third kappa shape index (κ3) is 2.55. The van der Waals surface area contributed by atoms with E-state index in [1.54, 1.807) is 16.2 Å². The third-order valence-electron chi connectivity index (χ3n) is 5.56. The maximum atomic E-state index is 12.5. The van der Waals surface area contributed by atoms with Gasteiger partial charge >= 0.3 is 5.69 Å². The van der Waals surface area contributed by atoms with Gasteiger partial charge in [-0.3, -0.25) is 18.8 Å². The number of hydrogen-bond acceptors (Lipinski definition) is 3. The first-order valence-electron chi connectivity index (χ1n) is 8.83. The summed E-state index contributed by atoms with van der Waals surface area (Å²) in [6, 6.07) is 8.30. The Morgan fingerprint density at radius 2 is 1.96 bits per heavy atom. The number of piperidine rings is 1. The van der Waals surface area contributed by atoms with Gasteiger partial charge in [0.25, 0.3) is 0 Å². The van der Waals surface area contributed by atoms with Crippen molar-refractivity contribution in [1.29, 1.82) is 0 Å². The molecule has 2 atom stereocenters. The first-order chi connectivity index (χ1) is 11.6. The second-order valence-electron chi connectivity index (χ2n) is 6.98. The number of nitrogens with one attached hydrogen (secondary N) is 1. The molecule has 24 heavy (non-hydrogen) atoms. The first kappa shape index (κ1) is 15.4. The molecule has 2 fully saturated rings. The van der Waals surface area contributed by atoms with E-state index in [0.29, 0.717) is 6.04 Å². The third-order valence-corrected chi connectivity index (χ3v) is 5.56. The highest BCUT2D eigenvalue weighted by atomic mass is 16.2. The minimum absolute atomic E-state index is 0.0640. The van der Waals surface area contributed by atoms with Crippen LogP contribution < -0.4 is 11.0 Å². The van der Waals surface area contributed by atoms with Crippen molar-refractivity contribution in [2.45, 2.75) is 44.3 Å². The number of fused-ring (bicyclic) bond motifs is 2. The van der Waals surface area contributed by atoms with Crippen molar-refractivity contribution >= 4 is 16.9 Å². The van der Waals surface area contributed by atoms with Crippen molar-refractivity contribution < 1.29 is 4.79 Å². The molecule has 2 aliphatic rings. The molecule has 1 aromatic carbocycles. The number of amides is 1. The Balaban J connectivity index is 1.51. The van der Waals surface area contributed by atoms with Crippen molar-refractivity contribution in [2.75, 3.05) is 13.1 Å². The van der Waals surface area contributed by atoms with Crippen LogP contribution in [0.5, 0.6) is 0 Å². The fourth-order valence-electron chi connectivity index (χ4n) is 4.33. The molecule has 1 N–H and O–H groups in total. The number of benzene rings is 1. The Labute approximate surface area is 141 Å². The highest BCUT2D eigenvalue weighted by molar-refractivity contribution is 5.81. The lowest BCUT2D eigenvalue weighted by Crippen LogP contribution is -2.48. The zero-order valence-electron chi connectivity index (χ0n) is 14.1. The summed E-state index contributed by atoms with van der Waals surface area (Å²) in [6.45, 7) is 2.31. The average molecular weight is 328 g/mol. The average Bonchev–Trinajstić information content (AvgIpc) is 3.11. The predicted octanol–water partition coefficient (Wildman–Crippen LogP) is 1.08. The largest absolute Gasteiger partial charge is 0.350 e. The summed E-state index contributed by atoms with van der Waals surface area (Å²) >= 11 is 0. The number of carbonyl (C=O) groups excluding carboxylic acids is 1. The van der Waals surface area contributed by atoms with Crippen molar-refractivity contribution in [3.63, 3.8) is 0 Å². The quantitative estimate of drug-likeness (QED) is 0.917. The lowest BCUT2D eigenvalue weighted by atomic mass is 9.99. The summed E-state index contributed by atoms with van der Waals surface area (Å²) in [7, 11) is 1.75. The number of nitrogens with zero attached hydrogens (tertiary/aromatic N) is 3. The van der Waals surface area contributed by atoms with Crippen LogP contribution in [0.25, 0.3) is 11.0 Å². The fourth-order valence-corrected chi connectivity index (χ4v) is 4.33. The summed E-state index contributed by atoms with van der Waals surface area (Å²) in [4.78, 5) is 27.5. The second-order valence-corrected chi connectivity index (χ2v) is 6.98. The molecule has 2 saturated heterocycles. The minimum atomic E-state index is -0.142.